The highest BCUT2D eigenvalue weighted by atomic mass is 32.2. The minimum Gasteiger partial charge on any atom is -0.462 e. The fourth-order valence-corrected chi connectivity index (χ4v) is 4.79. The van der Waals surface area contributed by atoms with Gasteiger partial charge in [0, 0.05) is 5.69 Å². The van der Waals surface area contributed by atoms with Crippen molar-refractivity contribution < 1.29 is 22.7 Å². The van der Waals surface area contributed by atoms with E-state index < -0.39 is 28.4 Å². The van der Waals surface area contributed by atoms with Crippen molar-refractivity contribution in [2.75, 3.05) is 22.8 Å². The number of hydrogen-bond acceptors (Lipinski definition) is 5. The Bertz CT molecular complexity index is 1260. The van der Waals surface area contributed by atoms with Crippen molar-refractivity contribution in [3.8, 4) is 0 Å². The first kappa shape index (κ1) is 24.0. The van der Waals surface area contributed by atoms with Crippen LogP contribution in [0.15, 0.2) is 77.7 Å². The molecular weight excluding hydrogens is 440 g/mol. The molecule has 0 unspecified atom stereocenters. The van der Waals surface area contributed by atoms with E-state index in [1.807, 2.05) is 19.9 Å². The third kappa shape index (κ3) is 5.59. The molecule has 33 heavy (non-hydrogen) atoms. The summed E-state index contributed by atoms with van der Waals surface area (Å²) in [6.45, 7) is 5.20. The number of hydrogen-bond donors (Lipinski definition) is 1. The van der Waals surface area contributed by atoms with Crippen LogP contribution >= 0.6 is 0 Å². The van der Waals surface area contributed by atoms with Crippen molar-refractivity contribution in [1.29, 1.82) is 0 Å². The third-order valence-electron chi connectivity index (χ3n) is 5.12. The number of nitrogens with zero attached hydrogens (tertiary/aromatic N) is 1. The molecule has 0 fully saturated rings. The lowest BCUT2D eigenvalue weighted by molar-refractivity contribution is -0.114. The summed E-state index contributed by atoms with van der Waals surface area (Å²) in [6, 6.07) is 19.6. The van der Waals surface area contributed by atoms with Crippen molar-refractivity contribution in [3.05, 3.63) is 89.5 Å². The number of amides is 1. The van der Waals surface area contributed by atoms with Crippen LogP contribution in [-0.4, -0.2) is 33.4 Å². The van der Waals surface area contributed by atoms with Gasteiger partial charge in [-0.25, -0.2) is 13.2 Å². The second-order valence-corrected chi connectivity index (χ2v) is 9.26. The highest BCUT2D eigenvalue weighted by molar-refractivity contribution is 7.92. The van der Waals surface area contributed by atoms with Gasteiger partial charge in [-0.05, 0) is 68.3 Å². The van der Waals surface area contributed by atoms with E-state index in [1.54, 1.807) is 55.5 Å². The van der Waals surface area contributed by atoms with Crippen LogP contribution in [0.4, 0.5) is 11.4 Å². The van der Waals surface area contributed by atoms with Gasteiger partial charge in [0.1, 0.15) is 6.54 Å². The second-order valence-electron chi connectivity index (χ2n) is 7.39. The number of esters is 1. The molecule has 7 nitrogen and oxygen atoms in total. The van der Waals surface area contributed by atoms with Crippen molar-refractivity contribution in [2.45, 2.75) is 25.7 Å². The number of anilines is 2. The molecule has 0 spiro atoms. The largest absolute Gasteiger partial charge is 0.462 e. The van der Waals surface area contributed by atoms with Crippen molar-refractivity contribution >= 4 is 33.3 Å². The maximum atomic E-state index is 13.5. The van der Waals surface area contributed by atoms with Gasteiger partial charge < -0.3 is 10.1 Å². The topological polar surface area (TPSA) is 92.8 Å². The predicted octanol–water partition coefficient (Wildman–Crippen LogP) is 4.31. The number of carbonyl (C=O) groups is 2. The molecule has 0 aliphatic heterocycles. The Balaban J connectivity index is 1.93. The lowest BCUT2D eigenvalue weighted by Crippen LogP contribution is -2.38. The Kier molecular flexibility index (Phi) is 7.50. The van der Waals surface area contributed by atoms with E-state index in [2.05, 4.69) is 5.32 Å². The van der Waals surface area contributed by atoms with Gasteiger partial charge in [-0.3, -0.25) is 9.10 Å². The van der Waals surface area contributed by atoms with Gasteiger partial charge in [0.2, 0.25) is 5.91 Å². The molecule has 3 aromatic carbocycles. The predicted molar refractivity (Wildman–Crippen MR) is 128 cm³/mol. The first-order valence-electron chi connectivity index (χ1n) is 10.4. The molecule has 3 rings (SSSR count). The number of aryl methyl sites for hydroxylation is 1. The van der Waals surface area contributed by atoms with Gasteiger partial charge in [-0.2, -0.15) is 0 Å². The Morgan fingerprint density at radius 1 is 0.939 bits per heavy atom. The fourth-order valence-electron chi connectivity index (χ4n) is 3.29. The molecule has 0 aliphatic carbocycles. The zero-order valence-electron chi connectivity index (χ0n) is 18.7. The molecule has 0 aromatic heterocycles. The summed E-state index contributed by atoms with van der Waals surface area (Å²) in [5.74, 6) is -1.05. The van der Waals surface area contributed by atoms with Gasteiger partial charge in [0.15, 0.2) is 0 Å². The average Bonchev–Trinajstić information content (AvgIpc) is 2.80. The fraction of sp³-hybridized carbons (Fsp3) is 0.200. The summed E-state index contributed by atoms with van der Waals surface area (Å²) in [4.78, 5) is 25.0. The molecule has 0 heterocycles. The Labute approximate surface area is 194 Å². The van der Waals surface area contributed by atoms with E-state index in [9.17, 15) is 18.0 Å². The number of rotatable bonds is 8. The lowest BCUT2D eigenvalue weighted by Gasteiger charge is -2.26. The summed E-state index contributed by atoms with van der Waals surface area (Å²) < 4.78 is 33.1. The SMILES string of the molecule is CCOC(=O)c1cccc(NC(=O)CN(c2cccc(C)c2C)S(=O)(=O)c2ccccc2)c1. The van der Waals surface area contributed by atoms with Crippen molar-refractivity contribution in [2.24, 2.45) is 0 Å². The number of nitrogens with one attached hydrogen (secondary N) is 1. The zero-order chi connectivity index (χ0) is 24.0. The van der Waals surface area contributed by atoms with Gasteiger partial charge in [0.05, 0.1) is 22.8 Å². The number of carbonyl (C=O) groups excluding carboxylic acids is 2. The molecule has 1 amide bonds. The van der Waals surface area contributed by atoms with Crippen LogP contribution in [0.1, 0.15) is 28.4 Å². The minimum atomic E-state index is -4.01. The van der Waals surface area contributed by atoms with Crippen LogP contribution in [0.3, 0.4) is 0 Å². The van der Waals surface area contributed by atoms with E-state index >= 15 is 0 Å². The highest BCUT2D eigenvalue weighted by Crippen LogP contribution is 2.28. The summed E-state index contributed by atoms with van der Waals surface area (Å²) in [5, 5.41) is 2.68. The molecule has 3 aromatic rings. The highest BCUT2D eigenvalue weighted by Gasteiger charge is 2.28. The van der Waals surface area contributed by atoms with Crippen LogP contribution in [0, 0.1) is 13.8 Å². The maximum Gasteiger partial charge on any atom is 0.338 e. The van der Waals surface area contributed by atoms with Crippen LogP contribution in [-0.2, 0) is 19.6 Å². The van der Waals surface area contributed by atoms with Crippen LogP contribution < -0.4 is 9.62 Å². The molecule has 0 bridgehead atoms. The number of sulfonamides is 1. The monoisotopic (exact) mass is 466 g/mol. The maximum absolute atomic E-state index is 13.5. The van der Waals surface area contributed by atoms with Crippen molar-refractivity contribution in [3.63, 3.8) is 0 Å². The Morgan fingerprint density at radius 3 is 2.33 bits per heavy atom. The molecule has 8 heteroatoms. The Hall–Kier alpha value is -3.65. The van der Waals surface area contributed by atoms with Gasteiger partial charge in [-0.15, -0.1) is 0 Å². The van der Waals surface area contributed by atoms with E-state index in [0.717, 1.165) is 15.4 Å². The summed E-state index contributed by atoms with van der Waals surface area (Å²) in [7, 11) is -4.01. The molecule has 0 saturated carbocycles. The van der Waals surface area contributed by atoms with E-state index in [1.165, 1.54) is 18.2 Å². The van der Waals surface area contributed by atoms with E-state index in [4.69, 9.17) is 4.74 Å². The number of benzene rings is 3. The van der Waals surface area contributed by atoms with E-state index in [-0.39, 0.29) is 17.1 Å². The first-order chi connectivity index (χ1) is 15.7. The van der Waals surface area contributed by atoms with Gasteiger partial charge >= 0.3 is 5.97 Å². The van der Waals surface area contributed by atoms with Crippen LogP contribution in [0.5, 0.6) is 0 Å². The average molecular weight is 467 g/mol. The summed E-state index contributed by atoms with van der Waals surface area (Å²) in [6.07, 6.45) is 0. The molecule has 172 valence electrons. The molecule has 0 radical (unpaired) electrons. The molecule has 0 saturated heterocycles. The van der Waals surface area contributed by atoms with E-state index in [0.29, 0.717) is 11.4 Å². The molecular formula is C25H26N2O5S. The normalized spacial score (nSPS) is 11.0. The second kappa shape index (κ2) is 10.3. The standard InChI is InChI=1S/C25H26N2O5S/c1-4-32-25(29)20-11-9-12-21(16-20)26-24(28)17-27(23-15-8-10-18(2)19(23)3)33(30,31)22-13-6-5-7-14-22/h5-16H,4,17H2,1-3H3,(H,26,28). The molecule has 1 N–H and O–H groups in total. The quantitative estimate of drug-likeness (QED) is 0.499. The smallest absolute Gasteiger partial charge is 0.338 e. The van der Waals surface area contributed by atoms with Crippen molar-refractivity contribution in [1.82, 2.24) is 0 Å². The summed E-state index contributed by atoms with van der Waals surface area (Å²) >= 11 is 0. The zero-order valence-corrected chi connectivity index (χ0v) is 19.6. The van der Waals surface area contributed by atoms with Crippen LogP contribution in [0.2, 0.25) is 0 Å². The lowest BCUT2D eigenvalue weighted by atomic mass is 10.1. The molecule has 0 aliphatic rings. The Morgan fingerprint density at radius 2 is 1.64 bits per heavy atom. The summed E-state index contributed by atoms with van der Waals surface area (Å²) in [5.41, 5.74) is 2.74. The van der Waals surface area contributed by atoms with Crippen LogP contribution in [0.25, 0.3) is 0 Å². The number of ether oxygens (including phenoxy) is 1. The van der Waals surface area contributed by atoms with Gasteiger partial charge in [0.25, 0.3) is 10.0 Å². The third-order valence-corrected chi connectivity index (χ3v) is 6.89. The van der Waals surface area contributed by atoms with Gasteiger partial charge in [-0.1, -0.05) is 36.4 Å². The molecule has 0 atom stereocenters. The first-order valence-corrected chi connectivity index (χ1v) is 11.9. The minimum absolute atomic E-state index is 0.0861.